The van der Waals surface area contributed by atoms with Gasteiger partial charge in [-0.15, -0.1) is 0 Å². The average molecular weight is 341 g/mol. The number of carbonyl (C=O) groups is 1. The molecule has 6 nitrogen and oxygen atoms in total. The number of carboxylic acids is 1. The summed E-state index contributed by atoms with van der Waals surface area (Å²) in [5.74, 6) is -1.15. The normalized spacial score (nSPS) is 12.6. The van der Waals surface area contributed by atoms with Gasteiger partial charge in [0, 0.05) is 23.2 Å². The van der Waals surface area contributed by atoms with Gasteiger partial charge in [-0.3, -0.25) is 4.98 Å². The molecule has 1 unspecified atom stereocenters. The lowest BCUT2D eigenvalue weighted by molar-refractivity contribution is 0.0697. The van der Waals surface area contributed by atoms with Gasteiger partial charge in [-0.1, -0.05) is 17.7 Å². The number of aromatic nitrogens is 1. The van der Waals surface area contributed by atoms with Crippen LogP contribution in [0.25, 0.3) is 0 Å². The number of nitrogens with one attached hydrogen (secondary N) is 1. The number of halogens is 1. The fourth-order valence-corrected chi connectivity index (χ4v) is 3.04. The smallest absolute Gasteiger partial charge is 0.335 e. The van der Waals surface area contributed by atoms with Crippen LogP contribution in [0, 0.1) is 0 Å². The van der Waals surface area contributed by atoms with Crippen molar-refractivity contribution >= 4 is 33.1 Å². The van der Waals surface area contributed by atoms with Crippen LogP contribution >= 0.6 is 11.6 Å². The molecular weight excluding hydrogens is 328 g/mol. The molecule has 0 amide bonds. The molecule has 2 N–H and O–H groups in total. The maximum Gasteiger partial charge on any atom is 0.335 e. The van der Waals surface area contributed by atoms with Gasteiger partial charge in [0.15, 0.2) is 15.2 Å². The first-order chi connectivity index (χ1) is 10.3. The Morgan fingerprint density at radius 3 is 2.59 bits per heavy atom. The molecule has 2 rings (SSSR count). The molecule has 0 fully saturated rings. The maximum atomic E-state index is 12.0. The van der Waals surface area contributed by atoms with Gasteiger partial charge in [0.1, 0.15) is 0 Å². The number of hydrogen-bond donors (Lipinski definition) is 2. The van der Waals surface area contributed by atoms with E-state index in [4.69, 9.17) is 16.7 Å². The van der Waals surface area contributed by atoms with Crippen LogP contribution in [0.1, 0.15) is 21.4 Å². The van der Waals surface area contributed by atoms with E-state index in [2.05, 4.69) is 10.3 Å². The van der Waals surface area contributed by atoms with Gasteiger partial charge >= 0.3 is 5.97 Å². The molecule has 22 heavy (non-hydrogen) atoms. The first-order valence-corrected chi connectivity index (χ1v) is 8.51. The van der Waals surface area contributed by atoms with Gasteiger partial charge in [-0.05, 0) is 30.3 Å². The number of pyridine rings is 1. The van der Waals surface area contributed by atoms with Gasteiger partial charge in [0.2, 0.25) is 0 Å². The predicted molar refractivity (Wildman–Crippen MR) is 83.9 cm³/mol. The zero-order valence-corrected chi connectivity index (χ0v) is 13.1. The topological polar surface area (TPSA) is 96.4 Å². The third kappa shape index (κ3) is 3.96. The third-order valence-corrected chi connectivity index (χ3v) is 4.26. The van der Waals surface area contributed by atoms with Gasteiger partial charge in [0.05, 0.1) is 11.3 Å². The number of rotatable bonds is 5. The van der Waals surface area contributed by atoms with E-state index in [1.54, 1.807) is 18.2 Å². The van der Waals surface area contributed by atoms with E-state index in [0.717, 1.165) is 6.26 Å². The van der Waals surface area contributed by atoms with E-state index in [1.165, 1.54) is 24.4 Å². The maximum absolute atomic E-state index is 12.0. The van der Waals surface area contributed by atoms with E-state index in [9.17, 15) is 13.2 Å². The Hall–Kier alpha value is -2.12. The van der Waals surface area contributed by atoms with Crippen molar-refractivity contribution in [2.45, 2.75) is 5.37 Å². The van der Waals surface area contributed by atoms with Crippen molar-refractivity contribution in [1.82, 2.24) is 4.98 Å². The second-order valence-electron chi connectivity index (χ2n) is 4.64. The molecule has 0 aliphatic carbocycles. The second kappa shape index (κ2) is 6.33. The number of aromatic carboxylic acids is 1. The fraction of sp³-hybridized carbons (Fsp3) is 0.143. The minimum atomic E-state index is -3.53. The van der Waals surface area contributed by atoms with Crippen LogP contribution in [0.5, 0.6) is 0 Å². The van der Waals surface area contributed by atoms with Crippen molar-refractivity contribution in [2.24, 2.45) is 0 Å². The van der Waals surface area contributed by atoms with Crippen LogP contribution in [0.3, 0.4) is 0 Å². The van der Waals surface area contributed by atoms with E-state index in [-0.39, 0.29) is 16.3 Å². The monoisotopic (exact) mass is 340 g/mol. The number of sulfone groups is 1. The Morgan fingerprint density at radius 1 is 1.32 bits per heavy atom. The van der Waals surface area contributed by atoms with Crippen molar-refractivity contribution in [1.29, 1.82) is 0 Å². The zero-order valence-electron chi connectivity index (χ0n) is 11.5. The molecule has 0 aliphatic heterocycles. The van der Waals surface area contributed by atoms with E-state index in [1.807, 2.05) is 0 Å². The molecule has 1 aromatic heterocycles. The lowest BCUT2D eigenvalue weighted by atomic mass is 10.2. The summed E-state index contributed by atoms with van der Waals surface area (Å²) in [7, 11) is -3.53. The highest BCUT2D eigenvalue weighted by atomic mass is 35.5. The second-order valence-corrected chi connectivity index (χ2v) is 7.21. The Labute approximate surface area is 132 Å². The quantitative estimate of drug-likeness (QED) is 0.868. The van der Waals surface area contributed by atoms with Crippen molar-refractivity contribution in [3.8, 4) is 0 Å². The Kier molecular flexibility index (Phi) is 4.68. The Morgan fingerprint density at radius 2 is 2.05 bits per heavy atom. The summed E-state index contributed by atoms with van der Waals surface area (Å²) in [6.45, 7) is 0. The minimum Gasteiger partial charge on any atom is -0.478 e. The molecule has 0 saturated heterocycles. The van der Waals surface area contributed by atoms with Crippen LogP contribution in [-0.2, 0) is 9.84 Å². The summed E-state index contributed by atoms with van der Waals surface area (Å²) in [5, 5.41) is 10.9. The van der Waals surface area contributed by atoms with Crippen molar-refractivity contribution in [3.63, 3.8) is 0 Å². The molecule has 116 valence electrons. The third-order valence-electron chi connectivity index (χ3n) is 2.83. The van der Waals surface area contributed by atoms with Crippen LogP contribution in [0.4, 0.5) is 5.69 Å². The van der Waals surface area contributed by atoms with Gasteiger partial charge in [-0.2, -0.15) is 0 Å². The molecule has 0 bridgehead atoms. The summed E-state index contributed by atoms with van der Waals surface area (Å²) >= 11 is 5.87. The molecule has 0 aliphatic rings. The molecule has 1 atom stereocenters. The molecule has 0 radical (unpaired) electrons. The van der Waals surface area contributed by atoms with Crippen molar-refractivity contribution in [3.05, 3.63) is 58.9 Å². The summed E-state index contributed by atoms with van der Waals surface area (Å²) < 4.78 is 24.0. The minimum absolute atomic E-state index is 0.0386. The number of benzene rings is 1. The number of hydrogen-bond acceptors (Lipinski definition) is 5. The number of nitrogens with zero attached hydrogens (tertiary/aromatic N) is 1. The highest BCUT2D eigenvalue weighted by molar-refractivity contribution is 7.91. The van der Waals surface area contributed by atoms with Crippen LogP contribution in [-0.4, -0.2) is 30.7 Å². The molecule has 8 heteroatoms. The molecule has 0 saturated carbocycles. The average Bonchev–Trinajstić information content (AvgIpc) is 2.44. The highest BCUT2D eigenvalue weighted by Crippen LogP contribution is 2.26. The van der Waals surface area contributed by atoms with E-state index >= 15 is 0 Å². The summed E-state index contributed by atoms with van der Waals surface area (Å²) in [6.07, 6.45) is 2.55. The van der Waals surface area contributed by atoms with Crippen LogP contribution in [0.2, 0.25) is 5.02 Å². The predicted octanol–water partition coefficient (Wildman–Crippen LogP) is 2.59. The highest BCUT2D eigenvalue weighted by Gasteiger charge is 2.24. The fourth-order valence-electron chi connectivity index (χ4n) is 1.88. The number of anilines is 1. The van der Waals surface area contributed by atoms with E-state index in [0.29, 0.717) is 5.69 Å². The molecule has 1 aromatic carbocycles. The Balaban J connectivity index is 2.43. The molecule has 1 heterocycles. The van der Waals surface area contributed by atoms with Crippen molar-refractivity contribution < 1.29 is 18.3 Å². The summed E-state index contributed by atoms with van der Waals surface area (Å²) in [4.78, 5) is 15.1. The standard InChI is InChI=1S/C14H13ClN2O4S/c1-22(20,21)13(12-4-2-3-5-16-12)17-11-7-9(14(18)19)6-10(15)8-11/h2-8,13,17H,1H3,(H,18,19). The van der Waals surface area contributed by atoms with Crippen molar-refractivity contribution in [2.75, 3.05) is 11.6 Å². The zero-order chi connectivity index (χ0) is 16.3. The molecule has 2 aromatic rings. The lowest BCUT2D eigenvalue weighted by Gasteiger charge is -2.18. The van der Waals surface area contributed by atoms with E-state index < -0.39 is 21.2 Å². The Bertz CT molecular complexity index is 794. The first-order valence-electron chi connectivity index (χ1n) is 6.17. The van der Waals surface area contributed by atoms with Crippen LogP contribution in [0.15, 0.2) is 42.6 Å². The number of carboxylic acid groups (broad SMARTS) is 1. The van der Waals surface area contributed by atoms with Gasteiger partial charge in [-0.25, -0.2) is 13.2 Å². The first kappa shape index (κ1) is 16.3. The van der Waals surface area contributed by atoms with Gasteiger partial charge in [0.25, 0.3) is 0 Å². The largest absolute Gasteiger partial charge is 0.478 e. The summed E-state index contributed by atoms with van der Waals surface area (Å²) in [5.41, 5.74) is 0.552. The lowest BCUT2D eigenvalue weighted by Crippen LogP contribution is -2.21. The summed E-state index contributed by atoms with van der Waals surface area (Å²) in [6, 6.07) is 8.96. The van der Waals surface area contributed by atoms with Crippen LogP contribution < -0.4 is 5.32 Å². The SMILES string of the molecule is CS(=O)(=O)C(Nc1cc(Cl)cc(C(=O)O)c1)c1ccccn1. The molecule has 0 spiro atoms. The molecular formula is C14H13ClN2O4S. The van der Waals surface area contributed by atoms with Gasteiger partial charge < -0.3 is 10.4 Å².